The molecule has 1 aliphatic carbocycles. The first-order chi connectivity index (χ1) is 11.4. The Bertz CT molecular complexity index is 728. The largest absolute Gasteiger partial charge is 0.366 e. The Morgan fingerprint density at radius 2 is 1.83 bits per heavy atom. The van der Waals surface area contributed by atoms with Crippen LogP contribution in [0.5, 0.6) is 0 Å². The molecule has 1 aromatic rings. The first kappa shape index (κ1) is 16.4. The van der Waals surface area contributed by atoms with Crippen LogP contribution >= 0.6 is 11.3 Å². The number of primary amides is 1. The van der Waals surface area contributed by atoms with Crippen molar-refractivity contribution in [3.8, 4) is 0 Å². The SMILES string of the molecule is C[C@H](C(=O)Nc1sccc1C(N)=O)N1C(=O)[C@H]2CC=CC[C@H]2C1=O. The van der Waals surface area contributed by atoms with Gasteiger partial charge in [0.25, 0.3) is 5.91 Å². The maximum absolute atomic E-state index is 12.5. The number of hydrogen-bond donors (Lipinski definition) is 2. The minimum atomic E-state index is -0.946. The third-order valence-electron chi connectivity index (χ3n) is 4.48. The highest BCUT2D eigenvalue weighted by molar-refractivity contribution is 7.14. The summed E-state index contributed by atoms with van der Waals surface area (Å²) in [6, 6.07) is 0.568. The highest BCUT2D eigenvalue weighted by Gasteiger charge is 2.50. The Hall–Kier alpha value is -2.48. The number of likely N-dealkylation sites (tertiary alicyclic amines) is 1. The van der Waals surface area contributed by atoms with Gasteiger partial charge in [-0.2, -0.15) is 0 Å². The van der Waals surface area contributed by atoms with E-state index in [1.165, 1.54) is 13.0 Å². The zero-order valence-electron chi connectivity index (χ0n) is 13.0. The molecule has 1 aromatic heterocycles. The summed E-state index contributed by atoms with van der Waals surface area (Å²) in [5.41, 5.74) is 5.45. The second-order valence-corrected chi connectivity index (χ2v) is 6.81. The summed E-state index contributed by atoms with van der Waals surface area (Å²) in [7, 11) is 0. The van der Waals surface area contributed by atoms with Crippen molar-refractivity contribution >= 4 is 40.0 Å². The lowest BCUT2D eigenvalue weighted by molar-refractivity contribution is -0.146. The van der Waals surface area contributed by atoms with Crippen LogP contribution in [0.15, 0.2) is 23.6 Å². The smallest absolute Gasteiger partial charge is 0.251 e. The van der Waals surface area contributed by atoms with E-state index in [9.17, 15) is 19.2 Å². The molecule has 0 unspecified atom stereocenters. The van der Waals surface area contributed by atoms with Gasteiger partial charge in [0.1, 0.15) is 11.0 Å². The zero-order chi connectivity index (χ0) is 17.4. The van der Waals surface area contributed by atoms with E-state index in [2.05, 4.69) is 5.32 Å². The summed E-state index contributed by atoms with van der Waals surface area (Å²) in [5, 5.41) is 4.54. The van der Waals surface area contributed by atoms with Crippen LogP contribution in [0.4, 0.5) is 5.00 Å². The van der Waals surface area contributed by atoms with Crippen molar-refractivity contribution in [3.05, 3.63) is 29.2 Å². The van der Waals surface area contributed by atoms with Crippen LogP contribution in [-0.2, 0) is 14.4 Å². The summed E-state index contributed by atoms with van der Waals surface area (Å²) in [6.07, 6.45) is 4.84. The number of allylic oxidation sites excluding steroid dienone is 2. The molecule has 4 amide bonds. The van der Waals surface area contributed by atoms with Gasteiger partial charge >= 0.3 is 0 Å². The molecule has 3 atom stereocenters. The summed E-state index contributed by atoms with van der Waals surface area (Å²) < 4.78 is 0. The van der Waals surface area contributed by atoms with Gasteiger partial charge in [-0.1, -0.05) is 12.2 Å². The van der Waals surface area contributed by atoms with Crippen LogP contribution in [0.2, 0.25) is 0 Å². The topological polar surface area (TPSA) is 110 Å². The molecule has 0 saturated carbocycles. The Kier molecular flexibility index (Phi) is 4.23. The maximum atomic E-state index is 12.5. The van der Waals surface area contributed by atoms with Crippen LogP contribution in [0.25, 0.3) is 0 Å². The molecule has 3 rings (SSSR count). The van der Waals surface area contributed by atoms with Crippen molar-refractivity contribution in [2.24, 2.45) is 17.6 Å². The van der Waals surface area contributed by atoms with E-state index in [1.54, 1.807) is 5.38 Å². The minimum Gasteiger partial charge on any atom is -0.366 e. The summed E-state index contributed by atoms with van der Waals surface area (Å²) in [4.78, 5) is 49.8. The van der Waals surface area contributed by atoms with Crippen molar-refractivity contribution in [1.29, 1.82) is 0 Å². The first-order valence-electron chi connectivity index (χ1n) is 7.62. The lowest BCUT2D eigenvalue weighted by Gasteiger charge is -2.22. The van der Waals surface area contributed by atoms with Crippen LogP contribution in [0.3, 0.4) is 0 Å². The molecule has 126 valence electrons. The van der Waals surface area contributed by atoms with Gasteiger partial charge in [-0.3, -0.25) is 24.1 Å². The number of nitrogens with two attached hydrogens (primary N) is 1. The predicted octanol–water partition coefficient (Wildman–Crippen LogP) is 1.13. The molecule has 0 radical (unpaired) electrons. The lowest BCUT2D eigenvalue weighted by Crippen LogP contribution is -2.46. The third kappa shape index (κ3) is 2.62. The van der Waals surface area contributed by atoms with Crippen LogP contribution in [0.1, 0.15) is 30.1 Å². The number of hydrogen-bond acceptors (Lipinski definition) is 5. The first-order valence-corrected chi connectivity index (χ1v) is 8.50. The molecular weight excluding hydrogens is 330 g/mol. The number of carbonyl (C=O) groups excluding carboxylic acids is 4. The molecule has 2 heterocycles. The fourth-order valence-corrected chi connectivity index (χ4v) is 3.94. The molecular formula is C16H17N3O4S. The van der Waals surface area contributed by atoms with Crippen molar-refractivity contribution in [2.45, 2.75) is 25.8 Å². The number of fused-ring (bicyclic) bond motifs is 1. The van der Waals surface area contributed by atoms with Crippen LogP contribution in [0, 0.1) is 11.8 Å². The molecule has 3 N–H and O–H groups in total. The van der Waals surface area contributed by atoms with Crippen molar-refractivity contribution in [3.63, 3.8) is 0 Å². The molecule has 0 aromatic carbocycles. The number of rotatable bonds is 4. The monoisotopic (exact) mass is 347 g/mol. The van der Waals surface area contributed by atoms with Crippen LogP contribution < -0.4 is 11.1 Å². The summed E-state index contributed by atoms with van der Waals surface area (Å²) >= 11 is 1.16. The van der Waals surface area contributed by atoms with E-state index in [0.29, 0.717) is 17.8 Å². The number of carbonyl (C=O) groups is 4. The zero-order valence-corrected chi connectivity index (χ0v) is 13.8. The van der Waals surface area contributed by atoms with Gasteiger partial charge in [0.2, 0.25) is 17.7 Å². The Morgan fingerprint density at radius 1 is 1.25 bits per heavy atom. The van der Waals surface area contributed by atoms with E-state index in [-0.39, 0.29) is 29.2 Å². The van der Waals surface area contributed by atoms with E-state index < -0.39 is 17.9 Å². The van der Waals surface area contributed by atoms with E-state index in [1.807, 2.05) is 12.2 Å². The summed E-state index contributed by atoms with van der Waals surface area (Å²) in [5.74, 6) is -2.53. The van der Waals surface area contributed by atoms with Gasteiger partial charge in [-0.15, -0.1) is 11.3 Å². The second-order valence-electron chi connectivity index (χ2n) is 5.90. The van der Waals surface area contributed by atoms with Crippen molar-refractivity contribution < 1.29 is 19.2 Å². The van der Waals surface area contributed by atoms with Crippen molar-refractivity contribution in [1.82, 2.24) is 4.90 Å². The maximum Gasteiger partial charge on any atom is 0.251 e. The van der Waals surface area contributed by atoms with Crippen molar-refractivity contribution in [2.75, 3.05) is 5.32 Å². The van der Waals surface area contributed by atoms with Gasteiger partial charge in [0, 0.05) is 0 Å². The number of thiophene rings is 1. The quantitative estimate of drug-likeness (QED) is 0.628. The number of imide groups is 1. The highest BCUT2D eigenvalue weighted by atomic mass is 32.1. The van der Waals surface area contributed by atoms with Gasteiger partial charge in [0.15, 0.2) is 0 Å². The molecule has 1 aliphatic heterocycles. The Balaban J connectivity index is 1.76. The molecule has 0 spiro atoms. The molecule has 2 aliphatic rings. The molecule has 0 bridgehead atoms. The van der Waals surface area contributed by atoms with Gasteiger partial charge in [0.05, 0.1) is 17.4 Å². The van der Waals surface area contributed by atoms with E-state index in [4.69, 9.17) is 5.73 Å². The van der Waals surface area contributed by atoms with Gasteiger partial charge in [-0.25, -0.2) is 0 Å². The third-order valence-corrected chi connectivity index (χ3v) is 5.31. The van der Waals surface area contributed by atoms with Gasteiger partial charge in [-0.05, 0) is 31.2 Å². The molecule has 24 heavy (non-hydrogen) atoms. The number of nitrogens with zero attached hydrogens (tertiary/aromatic N) is 1. The molecule has 1 fully saturated rings. The Labute approximate surface area is 142 Å². The van der Waals surface area contributed by atoms with E-state index in [0.717, 1.165) is 16.2 Å². The number of amides is 4. The predicted molar refractivity (Wildman–Crippen MR) is 88.1 cm³/mol. The average Bonchev–Trinajstić information content (AvgIpc) is 3.11. The summed E-state index contributed by atoms with van der Waals surface area (Å²) in [6.45, 7) is 1.51. The standard InChI is InChI=1S/C16H17N3O4S/c1-8(13(21)18-14-11(12(17)20)6-7-24-14)19-15(22)9-4-2-3-5-10(9)16(19)23/h2-3,6-10H,4-5H2,1H3,(H2,17,20)(H,18,21)/t8-,9-,10+/m1/s1. The second kappa shape index (κ2) is 6.20. The highest BCUT2D eigenvalue weighted by Crippen LogP contribution is 2.36. The number of nitrogens with one attached hydrogen (secondary N) is 1. The fourth-order valence-electron chi connectivity index (χ4n) is 3.14. The molecule has 7 nitrogen and oxygen atoms in total. The normalized spacial score (nSPS) is 24.0. The lowest BCUT2D eigenvalue weighted by atomic mass is 9.85. The van der Waals surface area contributed by atoms with Gasteiger partial charge < -0.3 is 11.1 Å². The average molecular weight is 347 g/mol. The molecule has 8 heteroatoms. The number of anilines is 1. The minimum absolute atomic E-state index is 0.206. The fraction of sp³-hybridized carbons (Fsp3) is 0.375. The molecule has 1 saturated heterocycles. The van der Waals surface area contributed by atoms with Crippen LogP contribution in [-0.4, -0.2) is 34.6 Å². The van der Waals surface area contributed by atoms with E-state index >= 15 is 0 Å². The Morgan fingerprint density at radius 3 is 2.38 bits per heavy atom.